The molecule has 0 aliphatic heterocycles. The molecule has 0 aromatic rings. The Bertz CT molecular complexity index is 1250. The molecule has 0 saturated heterocycles. The summed E-state index contributed by atoms with van der Waals surface area (Å²) >= 11 is 0. The van der Waals surface area contributed by atoms with Crippen molar-refractivity contribution in [3.05, 3.63) is 23.3 Å². The lowest BCUT2D eigenvalue weighted by molar-refractivity contribution is -0.127. The summed E-state index contributed by atoms with van der Waals surface area (Å²) in [6.45, 7) is 17.6. The molecule has 0 aromatic carbocycles. The van der Waals surface area contributed by atoms with Crippen LogP contribution in [0.2, 0.25) is 0 Å². The van der Waals surface area contributed by atoms with Crippen LogP contribution in [0.4, 0.5) is 4.79 Å². The molecule has 0 aromatic heterocycles. The van der Waals surface area contributed by atoms with E-state index in [1.165, 1.54) is 36.8 Å². The number of nitrogens with zero attached hydrogens (tertiary/aromatic N) is 1. The van der Waals surface area contributed by atoms with Crippen LogP contribution in [-0.2, 0) is 4.74 Å². The number of aliphatic hydroxyl groups is 2. The largest absolute Gasteiger partial charge is 0.446 e. The third-order valence-electron chi connectivity index (χ3n) is 16.2. The molecule has 2 bridgehead atoms. The van der Waals surface area contributed by atoms with Crippen molar-refractivity contribution in [2.75, 3.05) is 13.1 Å². The highest BCUT2D eigenvalue weighted by molar-refractivity contribution is 5.68. The molecule has 1 amide bonds. The first kappa shape index (κ1) is 33.2. The van der Waals surface area contributed by atoms with Crippen molar-refractivity contribution in [1.82, 2.24) is 4.90 Å². The Labute approximate surface area is 280 Å². The Morgan fingerprint density at radius 2 is 1.72 bits per heavy atom. The summed E-state index contributed by atoms with van der Waals surface area (Å²) in [5, 5.41) is 23.3. The van der Waals surface area contributed by atoms with E-state index in [0.29, 0.717) is 53.4 Å². The molecular formula is C41H65NO4. The molecular weight excluding hydrogens is 570 g/mol. The van der Waals surface area contributed by atoms with Crippen molar-refractivity contribution < 1.29 is 19.7 Å². The van der Waals surface area contributed by atoms with Gasteiger partial charge in [0.15, 0.2) is 0 Å². The minimum Gasteiger partial charge on any atom is -0.446 e. The zero-order chi connectivity index (χ0) is 32.8. The van der Waals surface area contributed by atoms with Gasteiger partial charge in [-0.25, -0.2) is 4.79 Å². The number of carbonyl (C=O) groups is 1. The van der Waals surface area contributed by atoms with Crippen LogP contribution in [0.5, 0.6) is 0 Å². The maximum Gasteiger partial charge on any atom is 0.410 e. The van der Waals surface area contributed by atoms with Crippen LogP contribution < -0.4 is 0 Å². The third-order valence-corrected chi connectivity index (χ3v) is 16.2. The highest BCUT2D eigenvalue weighted by Crippen LogP contribution is 2.66. The Balaban J connectivity index is 1.15. The number of rotatable bonds is 6. The zero-order valence-corrected chi connectivity index (χ0v) is 30.2. The first-order chi connectivity index (χ1) is 21.7. The molecule has 0 spiro atoms. The highest BCUT2D eigenvalue weighted by atomic mass is 16.6. The number of ether oxygens (including phenoxy) is 1. The van der Waals surface area contributed by atoms with Crippen LogP contribution in [0.3, 0.4) is 0 Å². The van der Waals surface area contributed by atoms with Gasteiger partial charge in [0.25, 0.3) is 0 Å². The summed E-state index contributed by atoms with van der Waals surface area (Å²) in [4.78, 5) is 16.5. The van der Waals surface area contributed by atoms with Gasteiger partial charge in [0, 0.05) is 12.0 Å². The Morgan fingerprint density at radius 3 is 2.43 bits per heavy atom. The molecule has 8 aliphatic carbocycles. The maximum atomic E-state index is 14.4. The van der Waals surface area contributed by atoms with Crippen molar-refractivity contribution in [2.24, 2.45) is 63.6 Å². The van der Waals surface area contributed by atoms with E-state index >= 15 is 0 Å². The maximum absolute atomic E-state index is 14.4. The van der Waals surface area contributed by atoms with Gasteiger partial charge in [-0.2, -0.15) is 0 Å². The first-order valence-electron chi connectivity index (χ1n) is 19.4. The molecule has 12 atom stereocenters. The summed E-state index contributed by atoms with van der Waals surface area (Å²) in [5.74, 6) is 4.27. The SMILES string of the molecule is CC(C)[C@H]1CC[C@H](C)C[C@@H]1OC(=O)N(C[C@@H]1CC[C@H]2C[C@@H]1C2(C)C)C[C@]1(O)CC[C@H]2C3=CC=C4C[C@@H](O)CC[C@]4(C)[C@H]3CC[C@@]21C. The zero-order valence-electron chi connectivity index (χ0n) is 30.2. The fraction of sp³-hybridized carbons (Fsp3) is 0.878. The van der Waals surface area contributed by atoms with Crippen LogP contribution in [0, 0.1) is 63.6 Å². The average Bonchev–Trinajstić information content (AvgIpc) is 3.27. The number of allylic oxidation sites excluding steroid dienone is 3. The Kier molecular flexibility index (Phi) is 8.39. The quantitative estimate of drug-likeness (QED) is 0.306. The molecule has 0 unspecified atom stereocenters. The van der Waals surface area contributed by atoms with E-state index < -0.39 is 5.60 Å². The predicted molar refractivity (Wildman–Crippen MR) is 184 cm³/mol. The van der Waals surface area contributed by atoms with Gasteiger partial charge < -0.3 is 19.8 Å². The molecule has 0 radical (unpaired) electrons. The van der Waals surface area contributed by atoms with Crippen LogP contribution in [0.15, 0.2) is 23.3 Å². The summed E-state index contributed by atoms with van der Waals surface area (Å²) in [6.07, 6.45) is 17.9. The van der Waals surface area contributed by atoms with Gasteiger partial charge in [-0.15, -0.1) is 0 Å². The van der Waals surface area contributed by atoms with Crippen LogP contribution in [0.1, 0.15) is 132 Å². The smallest absolute Gasteiger partial charge is 0.410 e. The minimum atomic E-state index is -0.931. The second-order valence-electron chi connectivity index (χ2n) is 19.1. The molecule has 7 saturated carbocycles. The van der Waals surface area contributed by atoms with E-state index in [4.69, 9.17) is 4.74 Å². The lowest BCUT2D eigenvalue weighted by atomic mass is 9.45. The Hall–Kier alpha value is -1.33. The molecule has 7 fully saturated rings. The number of fused-ring (bicyclic) bond motifs is 7. The third kappa shape index (κ3) is 5.17. The van der Waals surface area contributed by atoms with E-state index in [1.807, 2.05) is 4.90 Å². The Morgan fingerprint density at radius 1 is 0.957 bits per heavy atom. The number of carbonyl (C=O) groups excluding carboxylic acids is 1. The molecule has 8 rings (SSSR count). The van der Waals surface area contributed by atoms with Gasteiger partial charge in [-0.1, -0.05) is 78.2 Å². The molecule has 258 valence electrons. The van der Waals surface area contributed by atoms with Gasteiger partial charge in [0.1, 0.15) is 6.10 Å². The van der Waals surface area contributed by atoms with Crippen LogP contribution in [-0.4, -0.2) is 52.1 Å². The summed E-state index contributed by atoms with van der Waals surface area (Å²) in [6, 6.07) is 0. The fourth-order valence-corrected chi connectivity index (χ4v) is 12.8. The molecule has 5 nitrogen and oxygen atoms in total. The van der Waals surface area contributed by atoms with Gasteiger partial charge in [-0.05, 0) is 135 Å². The molecule has 46 heavy (non-hydrogen) atoms. The van der Waals surface area contributed by atoms with Gasteiger partial charge in [0.2, 0.25) is 0 Å². The van der Waals surface area contributed by atoms with Crippen molar-refractivity contribution in [2.45, 2.75) is 150 Å². The summed E-state index contributed by atoms with van der Waals surface area (Å²) in [5.41, 5.74) is 2.24. The fourth-order valence-electron chi connectivity index (χ4n) is 12.8. The number of amides is 1. The average molecular weight is 636 g/mol. The summed E-state index contributed by atoms with van der Waals surface area (Å²) < 4.78 is 6.57. The van der Waals surface area contributed by atoms with E-state index in [-0.39, 0.29) is 29.1 Å². The lowest BCUT2D eigenvalue weighted by Gasteiger charge is -2.61. The van der Waals surface area contributed by atoms with E-state index in [2.05, 4.69) is 60.6 Å². The lowest BCUT2D eigenvalue weighted by Crippen LogP contribution is -2.59. The van der Waals surface area contributed by atoms with Gasteiger partial charge >= 0.3 is 6.09 Å². The predicted octanol–water partition coefficient (Wildman–Crippen LogP) is 8.93. The van der Waals surface area contributed by atoms with Crippen molar-refractivity contribution >= 4 is 6.09 Å². The standard InChI is InChI=1S/C41H65NO4/c1-25(2)31-12-8-26(3)20-36(31)46-37(44)42(23-27-9-10-28-22-35(27)38(28,4)5)24-41(45)19-16-34-32-13-11-29-21-30(43)14-17-39(29,6)33(32)15-18-40(34,41)7/h11,13,25-28,30-31,33-36,43,45H,8-10,12,14-24H2,1-7H3/t26-,27-,28-,30-,31+,33-,34-,35-,36-,39-,40-,41+/m0/s1. The number of hydrogen-bond donors (Lipinski definition) is 2. The number of hydrogen-bond acceptors (Lipinski definition) is 4. The second kappa shape index (κ2) is 11.6. The van der Waals surface area contributed by atoms with Crippen molar-refractivity contribution in [3.8, 4) is 0 Å². The normalized spacial score (nSPS) is 47.5. The number of aliphatic hydroxyl groups excluding tert-OH is 1. The van der Waals surface area contributed by atoms with Crippen molar-refractivity contribution in [3.63, 3.8) is 0 Å². The molecule has 8 aliphatic rings. The van der Waals surface area contributed by atoms with E-state index in [0.717, 1.165) is 70.3 Å². The van der Waals surface area contributed by atoms with Gasteiger partial charge in [-0.3, -0.25) is 0 Å². The van der Waals surface area contributed by atoms with Crippen LogP contribution in [0.25, 0.3) is 0 Å². The molecule has 5 heteroatoms. The van der Waals surface area contributed by atoms with Crippen LogP contribution >= 0.6 is 0 Å². The molecule has 2 N–H and O–H groups in total. The van der Waals surface area contributed by atoms with Gasteiger partial charge in [0.05, 0.1) is 18.2 Å². The van der Waals surface area contributed by atoms with E-state index in [9.17, 15) is 15.0 Å². The van der Waals surface area contributed by atoms with Crippen molar-refractivity contribution in [1.29, 1.82) is 0 Å². The highest BCUT2D eigenvalue weighted by Gasteiger charge is 2.63. The topological polar surface area (TPSA) is 70.0 Å². The second-order valence-corrected chi connectivity index (χ2v) is 19.1. The minimum absolute atomic E-state index is 0.0326. The first-order valence-corrected chi connectivity index (χ1v) is 19.4. The monoisotopic (exact) mass is 635 g/mol. The summed E-state index contributed by atoms with van der Waals surface area (Å²) in [7, 11) is 0. The molecule has 0 heterocycles. The van der Waals surface area contributed by atoms with E-state index in [1.54, 1.807) is 0 Å².